The second kappa shape index (κ2) is 45.0. The number of hydrogen-bond acceptors (Lipinski definition) is 13. The van der Waals surface area contributed by atoms with Crippen molar-refractivity contribution in [2.24, 2.45) is 106 Å². The molecular formula is C90H158N12O11. The molecule has 23 nitrogen and oxygen atoms in total. The summed E-state index contributed by atoms with van der Waals surface area (Å²) < 4.78 is 0. The predicted octanol–water partition coefficient (Wildman–Crippen LogP) is 14.3. The number of carbonyl (C=O) groups is 9. The molecule has 0 spiro atoms. The van der Waals surface area contributed by atoms with Gasteiger partial charge in [-0.15, -0.1) is 0 Å². The summed E-state index contributed by atoms with van der Waals surface area (Å²) in [6, 6.07) is 2.24. The largest absolute Gasteiger partial charge is 0.481 e. The summed E-state index contributed by atoms with van der Waals surface area (Å²) in [5.74, 6) is 10.0. The van der Waals surface area contributed by atoms with Crippen LogP contribution >= 0.6 is 0 Å². The van der Waals surface area contributed by atoms with E-state index in [2.05, 4.69) is 73.6 Å². The fourth-order valence-electron chi connectivity index (χ4n) is 19.7. The number of ketones is 1. The molecule has 0 aromatic heterocycles. The van der Waals surface area contributed by atoms with Gasteiger partial charge in [-0.1, -0.05) is 116 Å². The molecular weight excluding hydrogens is 1430 g/mol. The van der Waals surface area contributed by atoms with Crippen molar-refractivity contribution in [2.75, 3.05) is 79.5 Å². The molecule has 5 unspecified atom stereocenters. The van der Waals surface area contributed by atoms with Crippen molar-refractivity contribution in [1.29, 1.82) is 0 Å². The van der Waals surface area contributed by atoms with Gasteiger partial charge in [-0.25, -0.2) is 0 Å². The first-order chi connectivity index (χ1) is 53.4. The maximum atomic E-state index is 12.0. The van der Waals surface area contributed by atoms with Crippen LogP contribution in [0, 0.1) is 101 Å². The Morgan fingerprint density at radius 2 is 0.743 bits per heavy atom. The van der Waals surface area contributed by atoms with Gasteiger partial charge in [-0.2, -0.15) is 0 Å². The molecule has 14 aliphatic rings. The number of azide groups is 1. The minimum Gasteiger partial charge on any atom is -0.481 e. The number of Topliss-reactive ketones (excluding diaryl/α,β-unsaturated/α-hetero) is 1. The molecule has 0 aromatic rings. The number of rotatable bonds is 22. The molecule has 0 aromatic carbocycles. The molecule has 3 N–H and O–H groups in total. The minimum absolute atomic E-state index is 0.00907. The summed E-state index contributed by atoms with van der Waals surface area (Å²) in [5.41, 5.74) is 8.67. The van der Waals surface area contributed by atoms with Gasteiger partial charge < -0.3 is 54.7 Å². The Balaban J connectivity index is 0.000000179. The predicted molar refractivity (Wildman–Crippen MR) is 447 cm³/mol. The van der Waals surface area contributed by atoms with Crippen molar-refractivity contribution in [3.05, 3.63) is 10.4 Å². The van der Waals surface area contributed by atoms with E-state index in [9.17, 15) is 48.3 Å². The van der Waals surface area contributed by atoms with Gasteiger partial charge in [0.1, 0.15) is 5.78 Å². The molecule has 0 bridgehead atoms. The second-order valence-electron chi connectivity index (χ2n) is 39.1. The first-order valence-electron chi connectivity index (χ1n) is 45.3. The lowest BCUT2D eigenvalue weighted by atomic mass is 9.71. The van der Waals surface area contributed by atoms with Crippen molar-refractivity contribution in [3.63, 3.8) is 0 Å². The zero-order valence-electron chi connectivity index (χ0n) is 74.0. The Morgan fingerprint density at radius 1 is 0.389 bits per heavy atom. The first kappa shape index (κ1) is 94.8. The highest BCUT2D eigenvalue weighted by Gasteiger charge is 2.45. The van der Waals surface area contributed by atoms with Crippen LogP contribution in [-0.2, 0) is 43.2 Å². The van der Waals surface area contributed by atoms with Crippen LogP contribution in [0.5, 0.6) is 0 Å². The molecule has 23 heteroatoms. The highest BCUT2D eigenvalue weighted by molar-refractivity contribution is 5.92. The quantitative estimate of drug-likeness (QED) is 0.0517. The second-order valence-corrected chi connectivity index (χ2v) is 39.1. The van der Waals surface area contributed by atoms with Crippen LogP contribution in [0.1, 0.15) is 285 Å². The molecule has 7 amide bonds. The normalized spacial score (nSPS) is 28.2. The van der Waals surface area contributed by atoms with Crippen molar-refractivity contribution in [1.82, 2.24) is 44.5 Å². The molecule has 6 aliphatic carbocycles. The van der Waals surface area contributed by atoms with Gasteiger partial charge in [-0.05, 0) is 232 Å². The average Bonchev–Trinajstić information content (AvgIpc) is 1.69. The van der Waals surface area contributed by atoms with Crippen molar-refractivity contribution >= 4 is 53.1 Å². The van der Waals surface area contributed by atoms with Gasteiger partial charge in [0.05, 0.1) is 17.9 Å². The van der Waals surface area contributed by atoms with Crippen LogP contribution in [0.15, 0.2) is 5.11 Å². The van der Waals surface area contributed by atoms with E-state index in [1.54, 1.807) is 28.8 Å². The summed E-state index contributed by atoms with van der Waals surface area (Å²) in [7, 11) is 3.45. The van der Waals surface area contributed by atoms with Gasteiger partial charge in [0.2, 0.25) is 41.4 Å². The Labute approximate surface area is 682 Å². The molecule has 113 heavy (non-hydrogen) atoms. The summed E-state index contributed by atoms with van der Waals surface area (Å²) in [6.45, 7) is 45.5. The number of likely N-dealkylation sites (tertiary alicyclic amines) is 7. The highest BCUT2D eigenvalue weighted by Crippen LogP contribution is 2.44. The summed E-state index contributed by atoms with van der Waals surface area (Å²) in [4.78, 5) is 122. The molecule has 644 valence electrons. The summed E-state index contributed by atoms with van der Waals surface area (Å²) in [5, 5.41) is 26.2. The third-order valence-corrected chi connectivity index (χ3v) is 29.2. The number of carboxylic acids is 1. The molecule has 14 rings (SSSR count). The van der Waals surface area contributed by atoms with Crippen LogP contribution in [-0.4, -0.2) is 236 Å². The van der Waals surface area contributed by atoms with Crippen LogP contribution < -0.4 is 5.32 Å². The third-order valence-electron chi connectivity index (χ3n) is 29.2. The molecule has 13 atom stereocenters. The zero-order valence-corrected chi connectivity index (χ0v) is 74.0. The number of nitrogens with zero attached hydrogens (tertiary/aromatic N) is 11. The van der Waals surface area contributed by atoms with E-state index in [0.29, 0.717) is 80.8 Å². The number of aliphatic hydroxyl groups is 1. The lowest BCUT2D eigenvalue weighted by molar-refractivity contribution is -0.141. The van der Waals surface area contributed by atoms with E-state index in [1.165, 1.54) is 116 Å². The van der Waals surface area contributed by atoms with Crippen molar-refractivity contribution in [2.45, 2.75) is 339 Å². The fraction of sp³-hybridized carbons (Fsp3) is 0.900. The van der Waals surface area contributed by atoms with Gasteiger partial charge in [0, 0.05) is 169 Å². The number of aliphatic carboxylic acids is 1. The SMILES string of the molecule is CC(C)N1C[C@H](C(=O)C2CCC2)CC1=O.CC(C)N1C[C@H](C(=O)N(C)C)CC1=O.CC(C)N1C[C@H](C(=O)O)CC1=O.CC(C)N1C[C@H](C(N=[N+]=[N-])C2CCC2)CC1=O.CC(C)N1C[C@H](C(O)C2CCC2)CC1=O.CC(C1CCC1)[C@@H]1CC(=O)N(C(C)C)C1.CC(C1CCC1)[C@@H]1CCN(C(C)C)C1.CC(C1CCC1)[C@@H]1CCNC1. The van der Waals surface area contributed by atoms with Crippen LogP contribution in [0.4, 0.5) is 0 Å². The van der Waals surface area contributed by atoms with Crippen molar-refractivity contribution in [3.8, 4) is 0 Å². The Hall–Kier alpha value is -5.38. The number of aliphatic hydroxyl groups excluding tert-OH is 1. The first-order valence-corrected chi connectivity index (χ1v) is 45.3. The smallest absolute Gasteiger partial charge is 0.308 e. The molecule has 6 saturated carbocycles. The van der Waals surface area contributed by atoms with Crippen LogP contribution in [0.3, 0.4) is 0 Å². The fourth-order valence-corrected chi connectivity index (χ4v) is 19.7. The minimum atomic E-state index is -0.869. The van der Waals surface area contributed by atoms with Crippen molar-refractivity contribution < 1.29 is 53.4 Å². The monoisotopic (exact) mass is 1580 g/mol. The molecule has 8 aliphatic heterocycles. The van der Waals surface area contributed by atoms with E-state index in [0.717, 1.165) is 118 Å². The maximum absolute atomic E-state index is 12.0. The van der Waals surface area contributed by atoms with E-state index < -0.39 is 11.9 Å². The van der Waals surface area contributed by atoms with Crippen LogP contribution in [0.2, 0.25) is 0 Å². The molecule has 8 heterocycles. The lowest BCUT2D eigenvalue weighted by Gasteiger charge is -2.35. The average molecular weight is 1580 g/mol. The van der Waals surface area contributed by atoms with Gasteiger partial charge >= 0.3 is 5.97 Å². The van der Waals surface area contributed by atoms with E-state index in [4.69, 9.17) is 10.6 Å². The number of hydrogen-bond donors (Lipinski definition) is 3. The number of amides is 7. The van der Waals surface area contributed by atoms with Gasteiger partial charge in [0.15, 0.2) is 0 Å². The number of nitrogens with one attached hydrogen (secondary N) is 1. The van der Waals surface area contributed by atoms with Crippen LogP contribution in [0.25, 0.3) is 10.4 Å². The molecule has 14 fully saturated rings. The van der Waals surface area contributed by atoms with E-state index in [1.807, 2.05) is 83.9 Å². The lowest BCUT2D eigenvalue weighted by Crippen LogP contribution is -2.36. The number of carbonyl (C=O) groups excluding carboxylic acids is 8. The summed E-state index contributed by atoms with van der Waals surface area (Å²) in [6.07, 6.45) is 29.1. The third kappa shape index (κ3) is 26.6. The molecule has 8 saturated heterocycles. The van der Waals surface area contributed by atoms with Gasteiger partial charge in [0.25, 0.3) is 0 Å². The number of carboxylic acid groups (broad SMARTS) is 1. The van der Waals surface area contributed by atoms with E-state index >= 15 is 0 Å². The Bertz CT molecular complexity index is 3040. The Kier molecular flexibility index (Phi) is 37.7. The Morgan fingerprint density at radius 3 is 1.08 bits per heavy atom. The zero-order chi connectivity index (χ0) is 83.4. The maximum Gasteiger partial charge on any atom is 0.308 e. The molecule has 0 radical (unpaired) electrons. The van der Waals surface area contributed by atoms with E-state index in [-0.39, 0.29) is 114 Å². The topological polar surface area (TPSA) is 281 Å². The summed E-state index contributed by atoms with van der Waals surface area (Å²) >= 11 is 0. The van der Waals surface area contributed by atoms with Gasteiger partial charge in [-0.3, -0.25) is 43.2 Å². The standard InChI is InChI=1S/C13H23NO.C13H25N.C12H20N4O.C12H21NO2.C12H19NO2.C10H18N2O2.C10H19N.C8H13NO3/c1-9(2)14-8-12(7-13(14)15)10(3)11-5-4-6-11;1-10(2)14-8-7-13(9-14)11(3)12-5-4-6-12;1-8(2)16-7-10(6-11(16)17)12(14-15-13)9-4-3-5-9;2*1-8(2)13-7-10(6-11(13)14)12(15)9-4-3-5-9;1-7(2)12-6-8(5-9(12)13)10(14)11(3)4;1-8(9-3-2-4-9)10-5-6-11-7-10;1-5(2)9-4-6(8(11)12)3-7(9)10/h9-12H,4-8H2,1-3H3;10-13H,4-9H2,1-3H3;8-10,12H,3-7H2,1-2H3;8-10,12,15H,3-7H2,1-2H3;8-10H,3-7H2,1-2H3;7-8H,5-6H2,1-4H3;8-11H,2-7H2,1H3;5-6H,3-4H2,1-2H3,(H,11,12)/t10?,12-;11?,13-;2*10-,12?;10-;8-;8?,10-;6-/m11111111/s1. The highest BCUT2D eigenvalue weighted by atomic mass is 16.4.